The van der Waals surface area contributed by atoms with Gasteiger partial charge in [-0.1, -0.05) is 25.1 Å². The number of fused-ring (bicyclic) bond motifs is 1. The number of hydrogen-bond acceptors (Lipinski definition) is 4. The molecule has 0 radical (unpaired) electrons. The van der Waals surface area contributed by atoms with Crippen LogP contribution in [0.3, 0.4) is 0 Å². The third-order valence-electron chi connectivity index (χ3n) is 3.12. The number of hydrogen-bond donors (Lipinski definition) is 0. The van der Waals surface area contributed by atoms with E-state index in [2.05, 4.69) is 4.98 Å². The fourth-order valence-electron chi connectivity index (χ4n) is 2.12. The van der Waals surface area contributed by atoms with Crippen LogP contribution >= 0.6 is 0 Å². The van der Waals surface area contributed by atoms with Crippen molar-refractivity contribution >= 4 is 16.9 Å². The zero-order valence-corrected chi connectivity index (χ0v) is 10.9. The van der Waals surface area contributed by atoms with E-state index in [0.29, 0.717) is 23.2 Å². The molecule has 0 bridgehead atoms. The smallest absolute Gasteiger partial charge is 0.349 e. The highest BCUT2D eigenvalue weighted by Crippen LogP contribution is 2.13. The highest BCUT2D eigenvalue weighted by molar-refractivity contribution is 5.98. The van der Waals surface area contributed by atoms with Gasteiger partial charge in [0.25, 0.3) is 5.91 Å². The number of nitrogens with zero attached hydrogens (tertiary/aromatic N) is 2. The highest BCUT2D eigenvalue weighted by atomic mass is 16.4. The Morgan fingerprint density at radius 2 is 2.15 bits per heavy atom. The van der Waals surface area contributed by atoms with Crippen molar-refractivity contribution in [3.63, 3.8) is 0 Å². The summed E-state index contributed by atoms with van der Waals surface area (Å²) in [7, 11) is 0. The molecule has 5 heteroatoms. The minimum absolute atomic E-state index is 0.0106. The lowest BCUT2D eigenvalue weighted by Gasteiger charge is -2.05. The molecule has 3 rings (SSSR count). The van der Waals surface area contributed by atoms with Crippen molar-refractivity contribution in [1.29, 1.82) is 0 Å². The average Bonchev–Trinajstić information content (AvgIpc) is 2.94. The summed E-state index contributed by atoms with van der Waals surface area (Å²) in [6.45, 7) is 1.90. The number of imidazole rings is 1. The summed E-state index contributed by atoms with van der Waals surface area (Å²) in [5.41, 5.74) is -0.156. The third-order valence-corrected chi connectivity index (χ3v) is 3.12. The second kappa shape index (κ2) is 4.77. The molecule has 0 fully saturated rings. The first-order valence-corrected chi connectivity index (χ1v) is 6.30. The van der Waals surface area contributed by atoms with Crippen LogP contribution in [0, 0.1) is 0 Å². The lowest BCUT2D eigenvalue weighted by molar-refractivity contribution is 0.0953. The molecule has 0 saturated heterocycles. The third kappa shape index (κ3) is 1.93. The van der Waals surface area contributed by atoms with Crippen molar-refractivity contribution in [2.45, 2.75) is 13.3 Å². The SMILES string of the molecule is CCc1nccn1C(=O)c1cc2ccccc2oc1=O. The molecule has 100 valence electrons. The molecule has 0 N–H and O–H groups in total. The molecule has 0 spiro atoms. The van der Waals surface area contributed by atoms with Gasteiger partial charge in [0, 0.05) is 24.2 Å². The zero-order chi connectivity index (χ0) is 14.1. The molecule has 0 saturated carbocycles. The van der Waals surface area contributed by atoms with E-state index in [1.165, 1.54) is 4.57 Å². The second-order valence-electron chi connectivity index (χ2n) is 4.36. The molecule has 20 heavy (non-hydrogen) atoms. The Kier molecular flexibility index (Phi) is 2.95. The Hall–Kier alpha value is -2.69. The number of aromatic nitrogens is 2. The topological polar surface area (TPSA) is 65.1 Å². The molecule has 3 aromatic rings. The number of rotatable bonds is 2. The Morgan fingerprint density at radius 3 is 2.95 bits per heavy atom. The van der Waals surface area contributed by atoms with E-state index < -0.39 is 11.5 Å². The Labute approximate surface area is 114 Å². The second-order valence-corrected chi connectivity index (χ2v) is 4.36. The van der Waals surface area contributed by atoms with Gasteiger partial charge in [-0.25, -0.2) is 9.78 Å². The van der Waals surface area contributed by atoms with Gasteiger partial charge in [-0.05, 0) is 12.1 Å². The number of para-hydroxylation sites is 1. The lowest BCUT2D eigenvalue weighted by Crippen LogP contribution is -2.21. The van der Waals surface area contributed by atoms with Gasteiger partial charge in [-0.3, -0.25) is 9.36 Å². The predicted octanol–water partition coefficient (Wildman–Crippen LogP) is 2.24. The van der Waals surface area contributed by atoms with Gasteiger partial charge in [-0.15, -0.1) is 0 Å². The Bertz CT molecular complexity index is 845. The maximum Gasteiger partial charge on any atom is 0.349 e. The molecule has 2 aromatic heterocycles. The van der Waals surface area contributed by atoms with Crippen LogP contribution in [0.15, 0.2) is 51.9 Å². The molecular formula is C15H12N2O3. The molecule has 0 aliphatic carbocycles. The molecule has 1 aromatic carbocycles. The highest BCUT2D eigenvalue weighted by Gasteiger charge is 2.17. The van der Waals surface area contributed by atoms with Gasteiger partial charge >= 0.3 is 5.63 Å². The normalized spacial score (nSPS) is 10.8. The van der Waals surface area contributed by atoms with E-state index in [0.717, 1.165) is 0 Å². The van der Waals surface area contributed by atoms with Crippen molar-refractivity contribution in [3.05, 3.63) is 64.5 Å². The summed E-state index contributed by atoms with van der Waals surface area (Å²) in [6, 6.07) is 8.65. The van der Waals surface area contributed by atoms with E-state index in [9.17, 15) is 9.59 Å². The molecule has 0 amide bonds. The van der Waals surface area contributed by atoms with Crippen molar-refractivity contribution in [1.82, 2.24) is 9.55 Å². The number of carbonyl (C=O) groups excluding carboxylic acids is 1. The minimum Gasteiger partial charge on any atom is -0.422 e. The first-order valence-electron chi connectivity index (χ1n) is 6.30. The summed E-state index contributed by atoms with van der Waals surface area (Å²) < 4.78 is 6.55. The van der Waals surface area contributed by atoms with Gasteiger partial charge in [0.2, 0.25) is 0 Å². The van der Waals surface area contributed by atoms with Gasteiger partial charge in [0.05, 0.1) is 0 Å². The van der Waals surface area contributed by atoms with E-state index >= 15 is 0 Å². The first kappa shape index (κ1) is 12.3. The Balaban J connectivity index is 2.17. The van der Waals surface area contributed by atoms with E-state index in [-0.39, 0.29) is 5.56 Å². The van der Waals surface area contributed by atoms with Crippen LogP contribution < -0.4 is 5.63 Å². The fraction of sp³-hybridized carbons (Fsp3) is 0.133. The summed E-state index contributed by atoms with van der Waals surface area (Å²) in [4.78, 5) is 28.4. The van der Waals surface area contributed by atoms with Crippen LogP contribution in [0.25, 0.3) is 11.0 Å². The molecular weight excluding hydrogens is 256 g/mol. The van der Waals surface area contributed by atoms with E-state index in [4.69, 9.17) is 4.42 Å². The fourth-order valence-corrected chi connectivity index (χ4v) is 2.12. The summed E-state index contributed by atoms with van der Waals surface area (Å²) >= 11 is 0. The predicted molar refractivity (Wildman–Crippen MR) is 73.8 cm³/mol. The molecule has 5 nitrogen and oxygen atoms in total. The maximum atomic E-state index is 12.4. The molecule has 0 aliphatic rings. The summed E-state index contributed by atoms with van der Waals surface area (Å²) in [5.74, 6) is 0.196. The standard InChI is InChI=1S/C15H12N2O3/c1-2-13-16-7-8-17(13)14(18)11-9-10-5-3-4-6-12(10)20-15(11)19/h3-9H,2H2,1H3. The number of aryl methyl sites for hydroxylation is 1. The largest absolute Gasteiger partial charge is 0.422 e. The van der Waals surface area contributed by atoms with E-state index in [1.54, 1.807) is 36.7 Å². The number of benzene rings is 1. The van der Waals surface area contributed by atoms with Crippen LogP contribution in [-0.4, -0.2) is 15.5 Å². The van der Waals surface area contributed by atoms with Gasteiger partial charge in [0.1, 0.15) is 17.0 Å². The van der Waals surface area contributed by atoms with Gasteiger partial charge in [0.15, 0.2) is 0 Å². The molecule has 2 heterocycles. The van der Waals surface area contributed by atoms with Crippen molar-refractivity contribution in [3.8, 4) is 0 Å². The summed E-state index contributed by atoms with van der Waals surface area (Å²) in [5, 5.41) is 0.716. The monoisotopic (exact) mass is 268 g/mol. The van der Waals surface area contributed by atoms with Gasteiger partial charge in [-0.2, -0.15) is 0 Å². The van der Waals surface area contributed by atoms with E-state index in [1.807, 2.05) is 13.0 Å². The van der Waals surface area contributed by atoms with Crippen LogP contribution in [0.2, 0.25) is 0 Å². The van der Waals surface area contributed by atoms with Gasteiger partial charge < -0.3 is 4.42 Å². The van der Waals surface area contributed by atoms with Crippen LogP contribution in [0.4, 0.5) is 0 Å². The lowest BCUT2D eigenvalue weighted by atomic mass is 10.2. The summed E-state index contributed by atoms with van der Waals surface area (Å²) in [6.07, 6.45) is 3.70. The van der Waals surface area contributed by atoms with Crippen molar-refractivity contribution in [2.24, 2.45) is 0 Å². The minimum atomic E-state index is -0.635. The molecule has 0 unspecified atom stereocenters. The quantitative estimate of drug-likeness (QED) is 0.668. The van der Waals surface area contributed by atoms with Crippen LogP contribution in [0.5, 0.6) is 0 Å². The zero-order valence-electron chi connectivity index (χ0n) is 10.9. The molecule has 0 aliphatic heterocycles. The van der Waals surface area contributed by atoms with Crippen molar-refractivity contribution < 1.29 is 9.21 Å². The Morgan fingerprint density at radius 1 is 1.35 bits per heavy atom. The first-order chi connectivity index (χ1) is 9.70. The van der Waals surface area contributed by atoms with Crippen molar-refractivity contribution in [2.75, 3.05) is 0 Å². The van der Waals surface area contributed by atoms with Crippen LogP contribution in [0.1, 0.15) is 23.1 Å². The number of carbonyl (C=O) groups is 1. The average molecular weight is 268 g/mol. The maximum absolute atomic E-state index is 12.4. The molecule has 0 atom stereocenters. The van der Waals surface area contributed by atoms with Crippen LogP contribution in [-0.2, 0) is 6.42 Å².